The number of nitrogens with one attached hydrogen (secondary N) is 2. The molecule has 4 nitrogen and oxygen atoms in total. The van der Waals surface area contributed by atoms with Crippen molar-refractivity contribution in [2.75, 3.05) is 20.6 Å². The molecular weight excluding hydrogens is 250 g/mol. The normalized spacial score (nSPS) is 12.1. The Morgan fingerprint density at radius 3 is 2.70 bits per heavy atom. The van der Waals surface area contributed by atoms with Gasteiger partial charge in [0.05, 0.1) is 6.42 Å². The van der Waals surface area contributed by atoms with Crippen LogP contribution in [-0.4, -0.2) is 42.0 Å². The van der Waals surface area contributed by atoms with E-state index in [0.717, 1.165) is 16.5 Å². The number of aromatic nitrogens is 1. The van der Waals surface area contributed by atoms with E-state index in [-0.39, 0.29) is 11.4 Å². The quantitative estimate of drug-likeness (QED) is 0.877. The van der Waals surface area contributed by atoms with Crippen molar-refractivity contribution in [3.8, 4) is 0 Å². The van der Waals surface area contributed by atoms with Crippen LogP contribution in [0.4, 0.5) is 0 Å². The number of carbonyl (C=O) groups is 1. The minimum atomic E-state index is -0.0458. The number of amides is 1. The fourth-order valence-electron chi connectivity index (χ4n) is 1.99. The Bertz CT molecular complexity index is 599. The van der Waals surface area contributed by atoms with Gasteiger partial charge in [-0.15, -0.1) is 0 Å². The van der Waals surface area contributed by atoms with Crippen molar-refractivity contribution >= 4 is 16.8 Å². The highest BCUT2D eigenvalue weighted by molar-refractivity contribution is 5.88. The number of likely N-dealkylation sites (N-methyl/N-ethyl adjacent to an activating group) is 1. The molecule has 2 aromatic rings. The van der Waals surface area contributed by atoms with E-state index in [2.05, 4.69) is 29.0 Å². The lowest BCUT2D eigenvalue weighted by molar-refractivity contribution is -0.120. The maximum absolute atomic E-state index is 12.1. The van der Waals surface area contributed by atoms with Crippen LogP contribution in [0.3, 0.4) is 0 Å². The number of nitrogens with zero attached hydrogens (tertiary/aromatic N) is 1. The average Bonchev–Trinajstić information content (AvgIpc) is 2.80. The van der Waals surface area contributed by atoms with Crippen molar-refractivity contribution < 1.29 is 4.79 Å². The van der Waals surface area contributed by atoms with E-state index in [1.54, 1.807) is 0 Å². The van der Waals surface area contributed by atoms with Crippen LogP contribution < -0.4 is 5.32 Å². The number of aromatic amines is 1. The zero-order valence-electron chi connectivity index (χ0n) is 12.7. The van der Waals surface area contributed by atoms with Crippen LogP contribution in [0.1, 0.15) is 19.4 Å². The molecule has 0 saturated heterocycles. The summed E-state index contributed by atoms with van der Waals surface area (Å²) < 4.78 is 0. The van der Waals surface area contributed by atoms with Gasteiger partial charge in [-0.05, 0) is 39.6 Å². The Balaban J connectivity index is 1.98. The van der Waals surface area contributed by atoms with E-state index in [1.165, 1.54) is 0 Å². The van der Waals surface area contributed by atoms with Crippen molar-refractivity contribution in [2.45, 2.75) is 25.8 Å². The van der Waals surface area contributed by atoms with Gasteiger partial charge in [0.15, 0.2) is 0 Å². The molecule has 0 fully saturated rings. The lowest BCUT2D eigenvalue weighted by atomic mass is 10.0. The number of carbonyl (C=O) groups excluding carboxylic acids is 1. The van der Waals surface area contributed by atoms with Gasteiger partial charge in [0, 0.05) is 29.2 Å². The van der Waals surface area contributed by atoms with Gasteiger partial charge < -0.3 is 15.2 Å². The SMILES string of the molecule is CN(C)C(C)(C)CNC(=O)Cc1c[nH]c2ccccc12. The summed E-state index contributed by atoms with van der Waals surface area (Å²) in [4.78, 5) is 17.4. The van der Waals surface area contributed by atoms with Crippen LogP contribution in [0, 0.1) is 0 Å². The monoisotopic (exact) mass is 273 g/mol. The highest BCUT2D eigenvalue weighted by Crippen LogP contribution is 2.18. The first-order chi connectivity index (χ1) is 9.40. The maximum atomic E-state index is 12.1. The van der Waals surface area contributed by atoms with E-state index in [0.29, 0.717) is 13.0 Å². The summed E-state index contributed by atoms with van der Waals surface area (Å²) in [6.45, 7) is 4.86. The summed E-state index contributed by atoms with van der Waals surface area (Å²) in [7, 11) is 4.04. The smallest absolute Gasteiger partial charge is 0.224 e. The minimum Gasteiger partial charge on any atom is -0.361 e. The first kappa shape index (κ1) is 14.6. The molecule has 1 amide bonds. The Labute approximate surface area is 120 Å². The summed E-state index contributed by atoms with van der Waals surface area (Å²) in [6, 6.07) is 8.04. The highest BCUT2D eigenvalue weighted by Gasteiger charge is 2.21. The molecule has 0 unspecified atom stereocenters. The lowest BCUT2D eigenvalue weighted by Crippen LogP contribution is -2.48. The van der Waals surface area contributed by atoms with Gasteiger partial charge in [-0.1, -0.05) is 18.2 Å². The van der Waals surface area contributed by atoms with E-state index in [1.807, 2.05) is 44.6 Å². The van der Waals surface area contributed by atoms with E-state index in [4.69, 9.17) is 0 Å². The third kappa shape index (κ3) is 3.20. The molecule has 0 radical (unpaired) electrons. The second kappa shape index (κ2) is 5.67. The molecule has 0 aliphatic heterocycles. The molecule has 2 N–H and O–H groups in total. The molecule has 0 atom stereocenters. The predicted molar refractivity (Wildman–Crippen MR) is 82.8 cm³/mol. The number of fused-ring (bicyclic) bond motifs is 1. The van der Waals surface area contributed by atoms with E-state index in [9.17, 15) is 4.79 Å². The fraction of sp³-hybridized carbons (Fsp3) is 0.438. The van der Waals surface area contributed by atoms with Crippen LogP contribution in [0.25, 0.3) is 10.9 Å². The number of rotatable bonds is 5. The van der Waals surface area contributed by atoms with Crippen molar-refractivity contribution in [3.63, 3.8) is 0 Å². The largest absolute Gasteiger partial charge is 0.361 e. The highest BCUT2D eigenvalue weighted by atomic mass is 16.1. The molecule has 0 bridgehead atoms. The van der Waals surface area contributed by atoms with Gasteiger partial charge in [0.25, 0.3) is 0 Å². The van der Waals surface area contributed by atoms with E-state index < -0.39 is 0 Å². The topological polar surface area (TPSA) is 48.1 Å². The molecule has 4 heteroatoms. The third-order valence-corrected chi connectivity index (χ3v) is 3.95. The number of benzene rings is 1. The molecule has 2 rings (SSSR count). The van der Waals surface area contributed by atoms with Crippen molar-refractivity contribution in [1.29, 1.82) is 0 Å². The molecule has 0 spiro atoms. The summed E-state index contributed by atoms with van der Waals surface area (Å²) in [5.74, 6) is 0.0599. The van der Waals surface area contributed by atoms with Crippen molar-refractivity contribution in [2.24, 2.45) is 0 Å². The van der Waals surface area contributed by atoms with Gasteiger partial charge in [-0.2, -0.15) is 0 Å². The molecule has 20 heavy (non-hydrogen) atoms. The minimum absolute atomic E-state index is 0.0458. The molecular formula is C16H23N3O. The summed E-state index contributed by atoms with van der Waals surface area (Å²) >= 11 is 0. The van der Waals surface area contributed by atoms with Gasteiger partial charge in [-0.3, -0.25) is 4.79 Å². The first-order valence-corrected chi connectivity index (χ1v) is 6.89. The van der Waals surface area contributed by atoms with Gasteiger partial charge in [0.1, 0.15) is 0 Å². The van der Waals surface area contributed by atoms with Crippen LogP contribution in [0.5, 0.6) is 0 Å². The lowest BCUT2D eigenvalue weighted by Gasteiger charge is -2.32. The summed E-state index contributed by atoms with van der Waals surface area (Å²) in [5.41, 5.74) is 2.07. The second-order valence-corrected chi connectivity index (χ2v) is 6.02. The second-order valence-electron chi connectivity index (χ2n) is 6.02. The van der Waals surface area contributed by atoms with Gasteiger partial charge in [-0.25, -0.2) is 0 Å². The Kier molecular flexibility index (Phi) is 4.14. The van der Waals surface area contributed by atoms with E-state index >= 15 is 0 Å². The Hall–Kier alpha value is -1.81. The van der Waals surface area contributed by atoms with Gasteiger partial charge in [0.2, 0.25) is 5.91 Å². The molecule has 1 heterocycles. The molecule has 0 saturated carbocycles. The Morgan fingerprint density at radius 1 is 1.30 bits per heavy atom. The maximum Gasteiger partial charge on any atom is 0.224 e. The number of hydrogen-bond donors (Lipinski definition) is 2. The van der Waals surface area contributed by atoms with Crippen LogP contribution in [0.15, 0.2) is 30.5 Å². The standard InChI is InChI=1S/C16H23N3O/c1-16(2,19(3)4)11-18-15(20)9-12-10-17-14-8-6-5-7-13(12)14/h5-8,10,17H,9,11H2,1-4H3,(H,18,20). The van der Waals surface area contributed by atoms with Crippen molar-refractivity contribution in [3.05, 3.63) is 36.0 Å². The molecule has 108 valence electrons. The summed E-state index contributed by atoms with van der Waals surface area (Å²) in [5, 5.41) is 4.13. The molecule has 1 aromatic heterocycles. The zero-order valence-corrected chi connectivity index (χ0v) is 12.7. The zero-order chi connectivity index (χ0) is 14.8. The fourth-order valence-corrected chi connectivity index (χ4v) is 1.99. The summed E-state index contributed by atoms with van der Waals surface area (Å²) in [6.07, 6.45) is 2.33. The van der Waals surface area contributed by atoms with Crippen LogP contribution in [0.2, 0.25) is 0 Å². The molecule has 0 aliphatic carbocycles. The average molecular weight is 273 g/mol. The number of hydrogen-bond acceptors (Lipinski definition) is 2. The number of para-hydroxylation sites is 1. The van der Waals surface area contributed by atoms with Crippen LogP contribution >= 0.6 is 0 Å². The molecule has 1 aromatic carbocycles. The number of H-pyrrole nitrogens is 1. The third-order valence-electron chi connectivity index (χ3n) is 3.95. The first-order valence-electron chi connectivity index (χ1n) is 6.89. The van der Waals surface area contributed by atoms with Gasteiger partial charge >= 0.3 is 0 Å². The predicted octanol–water partition coefficient (Wildman–Crippen LogP) is 2.17. The Morgan fingerprint density at radius 2 is 2.00 bits per heavy atom. The van der Waals surface area contributed by atoms with Crippen LogP contribution in [-0.2, 0) is 11.2 Å². The molecule has 0 aliphatic rings. The van der Waals surface area contributed by atoms with Crippen molar-refractivity contribution in [1.82, 2.24) is 15.2 Å².